The summed E-state index contributed by atoms with van der Waals surface area (Å²) < 4.78 is 0. The molecule has 0 bridgehead atoms. The monoisotopic (exact) mass is 242 g/mol. The third-order valence-electron chi connectivity index (χ3n) is 2.20. The average Bonchev–Trinajstić information content (AvgIpc) is 2.40. The van der Waals surface area contributed by atoms with Crippen molar-refractivity contribution >= 4 is 23.3 Å². The molecule has 1 heterocycles. The Morgan fingerprint density at radius 3 is 2.88 bits per heavy atom. The molecule has 0 aliphatic heterocycles. The van der Waals surface area contributed by atoms with E-state index in [1.54, 1.807) is 17.8 Å². The van der Waals surface area contributed by atoms with Gasteiger partial charge in [-0.25, -0.2) is 0 Å². The van der Waals surface area contributed by atoms with Gasteiger partial charge in [0.25, 0.3) is 0 Å². The van der Waals surface area contributed by atoms with E-state index in [-0.39, 0.29) is 0 Å². The summed E-state index contributed by atoms with van der Waals surface area (Å²) in [5.74, 6) is 0.483. The molecule has 84 valence electrons. The van der Waals surface area contributed by atoms with E-state index in [9.17, 15) is 0 Å². The number of thioether (sulfide) groups is 1. The van der Waals surface area contributed by atoms with Gasteiger partial charge in [0.05, 0.1) is 17.4 Å². The number of rotatable bonds is 3. The van der Waals surface area contributed by atoms with Gasteiger partial charge in [-0.1, -0.05) is 12.1 Å². The molecule has 0 spiro atoms. The Morgan fingerprint density at radius 1 is 1.29 bits per heavy atom. The van der Waals surface area contributed by atoms with Gasteiger partial charge in [0.1, 0.15) is 6.07 Å². The highest BCUT2D eigenvalue weighted by Gasteiger charge is 2.06. The van der Waals surface area contributed by atoms with E-state index in [1.807, 2.05) is 30.5 Å². The second-order valence-electron chi connectivity index (χ2n) is 3.23. The fourth-order valence-electron chi connectivity index (χ4n) is 1.39. The predicted octanol–water partition coefficient (Wildman–Crippen LogP) is 2.81. The second-order valence-corrected chi connectivity index (χ2v) is 4.08. The molecule has 0 radical (unpaired) electrons. The predicted molar refractivity (Wildman–Crippen MR) is 68.3 cm³/mol. The van der Waals surface area contributed by atoms with Gasteiger partial charge >= 0.3 is 0 Å². The van der Waals surface area contributed by atoms with Crippen LogP contribution in [0.2, 0.25) is 0 Å². The van der Waals surface area contributed by atoms with E-state index in [4.69, 9.17) is 5.26 Å². The lowest BCUT2D eigenvalue weighted by atomic mass is 10.3. The van der Waals surface area contributed by atoms with Crippen LogP contribution in [0.3, 0.4) is 0 Å². The summed E-state index contributed by atoms with van der Waals surface area (Å²) in [4.78, 5) is 1.10. The summed E-state index contributed by atoms with van der Waals surface area (Å²) in [5, 5.41) is 19.8. The van der Waals surface area contributed by atoms with E-state index < -0.39 is 0 Å². The number of nitriles is 1. The highest BCUT2D eigenvalue weighted by molar-refractivity contribution is 7.98. The van der Waals surface area contributed by atoms with Gasteiger partial charge in [-0.15, -0.1) is 16.9 Å². The van der Waals surface area contributed by atoms with Crippen molar-refractivity contribution in [1.29, 1.82) is 5.26 Å². The van der Waals surface area contributed by atoms with Gasteiger partial charge in [-0.3, -0.25) is 0 Å². The van der Waals surface area contributed by atoms with Crippen LogP contribution in [-0.4, -0.2) is 16.5 Å². The third kappa shape index (κ3) is 2.55. The first kappa shape index (κ1) is 11.4. The Balaban J connectivity index is 2.35. The zero-order valence-electron chi connectivity index (χ0n) is 9.21. The highest BCUT2D eigenvalue weighted by Crippen LogP contribution is 2.27. The number of nitrogens with zero attached hydrogens (tertiary/aromatic N) is 3. The number of para-hydroxylation sites is 1. The maximum atomic E-state index is 8.96. The van der Waals surface area contributed by atoms with Crippen LogP contribution in [0.25, 0.3) is 0 Å². The summed E-state index contributed by atoms with van der Waals surface area (Å²) in [5.41, 5.74) is 1.41. The molecule has 0 aliphatic rings. The van der Waals surface area contributed by atoms with Crippen LogP contribution in [0.15, 0.2) is 41.4 Å². The minimum absolute atomic E-state index is 0.482. The molecule has 1 N–H and O–H groups in total. The molecule has 4 nitrogen and oxygen atoms in total. The molecule has 1 aromatic heterocycles. The fraction of sp³-hybridized carbons (Fsp3) is 0.0833. The number of anilines is 2. The van der Waals surface area contributed by atoms with Crippen LogP contribution >= 0.6 is 11.8 Å². The van der Waals surface area contributed by atoms with Crippen molar-refractivity contribution in [2.24, 2.45) is 0 Å². The van der Waals surface area contributed by atoms with E-state index in [2.05, 4.69) is 21.6 Å². The standard InChI is InChI=1S/C12H10N4S/c1-17-11-5-3-2-4-10(11)15-12-9(8-13)6-7-14-16-12/h2-7H,1H3,(H,15,16). The van der Waals surface area contributed by atoms with Gasteiger partial charge in [0.2, 0.25) is 0 Å². The Morgan fingerprint density at radius 2 is 2.12 bits per heavy atom. The quantitative estimate of drug-likeness (QED) is 0.838. The number of aromatic nitrogens is 2. The number of nitrogens with one attached hydrogen (secondary N) is 1. The zero-order valence-corrected chi connectivity index (χ0v) is 10.0. The van der Waals surface area contributed by atoms with Gasteiger partial charge in [-0.05, 0) is 24.5 Å². The normalized spacial score (nSPS) is 9.65. The molecular weight excluding hydrogens is 232 g/mol. The van der Waals surface area contributed by atoms with Crippen LogP contribution in [0.1, 0.15) is 5.56 Å². The van der Waals surface area contributed by atoms with Gasteiger partial charge in [0.15, 0.2) is 5.82 Å². The fourth-order valence-corrected chi connectivity index (χ4v) is 1.94. The summed E-state index contributed by atoms with van der Waals surface area (Å²) in [6, 6.07) is 11.6. The lowest BCUT2D eigenvalue weighted by molar-refractivity contribution is 1.03. The molecule has 0 fully saturated rings. The molecule has 2 rings (SSSR count). The molecule has 17 heavy (non-hydrogen) atoms. The van der Waals surface area contributed by atoms with Crippen LogP contribution in [-0.2, 0) is 0 Å². The first-order chi connectivity index (χ1) is 8.35. The first-order valence-electron chi connectivity index (χ1n) is 4.97. The molecule has 0 saturated carbocycles. The van der Waals surface area contributed by atoms with Crippen molar-refractivity contribution in [3.05, 3.63) is 42.1 Å². The van der Waals surface area contributed by atoms with Gasteiger partial charge < -0.3 is 5.32 Å². The largest absolute Gasteiger partial charge is 0.337 e. The Hall–Kier alpha value is -2.06. The topological polar surface area (TPSA) is 61.6 Å². The van der Waals surface area contributed by atoms with E-state index in [0.29, 0.717) is 11.4 Å². The SMILES string of the molecule is CSc1ccccc1Nc1nnccc1C#N. The molecule has 0 unspecified atom stereocenters. The molecule has 1 aromatic carbocycles. The second kappa shape index (κ2) is 5.32. The number of benzene rings is 1. The minimum Gasteiger partial charge on any atom is -0.337 e. The van der Waals surface area contributed by atoms with Crippen molar-refractivity contribution in [2.45, 2.75) is 4.90 Å². The van der Waals surface area contributed by atoms with Crippen molar-refractivity contribution in [3.8, 4) is 6.07 Å². The Labute approximate surface area is 104 Å². The van der Waals surface area contributed by atoms with Crippen molar-refractivity contribution in [1.82, 2.24) is 10.2 Å². The Bertz CT molecular complexity index is 562. The average molecular weight is 242 g/mol. The van der Waals surface area contributed by atoms with Crippen molar-refractivity contribution < 1.29 is 0 Å². The minimum atomic E-state index is 0.482. The highest BCUT2D eigenvalue weighted by atomic mass is 32.2. The zero-order chi connectivity index (χ0) is 12.1. The summed E-state index contributed by atoms with van der Waals surface area (Å²) in [6.07, 6.45) is 3.51. The molecule has 0 aliphatic carbocycles. The van der Waals surface area contributed by atoms with Crippen LogP contribution < -0.4 is 5.32 Å². The maximum Gasteiger partial charge on any atom is 0.171 e. The molecule has 0 amide bonds. The van der Waals surface area contributed by atoms with E-state index >= 15 is 0 Å². The molecule has 0 atom stereocenters. The lowest BCUT2D eigenvalue weighted by Gasteiger charge is -2.09. The maximum absolute atomic E-state index is 8.96. The van der Waals surface area contributed by atoms with Crippen LogP contribution in [0.4, 0.5) is 11.5 Å². The summed E-state index contributed by atoms with van der Waals surface area (Å²) >= 11 is 1.63. The molecular formula is C12H10N4S. The van der Waals surface area contributed by atoms with E-state index in [1.165, 1.54) is 6.20 Å². The van der Waals surface area contributed by atoms with E-state index in [0.717, 1.165) is 10.6 Å². The molecule has 0 saturated heterocycles. The van der Waals surface area contributed by atoms with Gasteiger partial charge in [-0.2, -0.15) is 10.4 Å². The summed E-state index contributed by atoms with van der Waals surface area (Å²) in [7, 11) is 0. The van der Waals surface area contributed by atoms with Crippen molar-refractivity contribution in [3.63, 3.8) is 0 Å². The van der Waals surface area contributed by atoms with Crippen LogP contribution in [0, 0.1) is 11.3 Å². The number of hydrogen-bond donors (Lipinski definition) is 1. The van der Waals surface area contributed by atoms with Crippen molar-refractivity contribution in [2.75, 3.05) is 11.6 Å². The number of hydrogen-bond acceptors (Lipinski definition) is 5. The molecule has 5 heteroatoms. The smallest absolute Gasteiger partial charge is 0.171 e. The van der Waals surface area contributed by atoms with Gasteiger partial charge in [0, 0.05) is 4.90 Å². The van der Waals surface area contributed by atoms with Crippen LogP contribution in [0.5, 0.6) is 0 Å². The lowest BCUT2D eigenvalue weighted by Crippen LogP contribution is -1.99. The Kier molecular flexibility index (Phi) is 3.58. The first-order valence-corrected chi connectivity index (χ1v) is 6.19. The molecule has 2 aromatic rings. The third-order valence-corrected chi connectivity index (χ3v) is 3.00. The summed E-state index contributed by atoms with van der Waals surface area (Å²) in [6.45, 7) is 0.